The van der Waals surface area contributed by atoms with Gasteiger partial charge in [0, 0.05) is 18.3 Å². The quantitative estimate of drug-likeness (QED) is 0.871. The summed E-state index contributed by atoms with van der Waals surface area (Å²) in [6.07, 6.45) is -2.17. The van der Waals surface area contributed by atoms with Crippen molar-refractivity contribution in [2.24, 2.45) is 0 Å². The molecule has 1 aliphatic heterocycles. The first-order chi connectivity index (χ1) is 9.86. The lowest BCUT2D eigenvalue weighted by atomic mass is 10.1. The molecule has 1 saturated carbocycles. The molecule has 1 atom stereocenters. The molecule has 1 unspecified atom stereocenters. The number of rotatable bonds is 3. The van der Waals surface area contributed by atoms with Gasteiger partial charge in [0.25, 0.3) is 0 Å². The monoisotopic (exact) mass is 302 g/mol. The fourth-order valence-corrected chi connectivity index (χ4v) is 2.52. The second-order valence-corrected chi connectivity index (χ2v) is 5.43. The minimum Gasteiger partial charge on any atom is -0.311 e. The molecule has 1 aliphatic carbocycles. The van der Waals surface area contributed by atoms with Crippen molar-refractivity contribution in [1.82, 2.24) is 5.32 Å². The molecule has 1 saturated heterocycles. The van der Waals surface area contributed by atoms with Gasteiger partial charge in [-0.05, 0) is 37.5 Å². The predicted octanol–water partition coefficient (Wildman–Crippen LogP) is 2.70. The van der Waals surface area contributed by atoms with Gasteiger partial charge in [0.1, 0.15) is 5.82 Å². The van der Waals surface area contributed by atoms with Crippen LogP contribution in [0.2, 0.25) is 0 Å². The average molecular weight is 302 g/mol. The van der Waals surface area contributed by atoms with Gasteiger partial charge >= 0.3 is 6.18 Å². The Bertz CT molecular complexity index is 569. The van der Waals surface area contributed by atoms with E-state index in [-0.39, 0.29) is 17.6 Å². The lowest BCUT2D eigenvalue weighted by Crippen LogP contribution is -2.39. The molecule has 3 rings (SSSR count). The van der Waals surface area contributed by atoms with Crippen LogP contribution >= 0.6 is 0 Å². The number of hydrogen-bond acceptors (Lipinski definition) is 2. The number of amides is 1. The molecule has 1 N–H and O–H groups in total. The molecule has 114 valence electrons. The highest BCUT2D eigenvalue weighted by molar-refractivity contribution is 5.99. The van der Waals surface area contributed by atoms with Gasteiger partial charge in [-0.15, -0.1) is 0 Å². The molecule has 21 heavy (non-hydrogen) atoms. The number of nitrogens with one attached hydrogen (secondary N) is 1. The van der Waals surface area contributed by atoms with Gasteiger partial charge in [0.15, 0.2) is 0 Å². The van der Waals surface area contributed by atoms with Crippen molar-refractivity contribution >= 4 is 11.6 Å². The Morgan fingerprint density at radius 2 is 1.90 bits per heavy atom. The summed E-state index contributed by atoms with van der Waals surface area (Å²) < 4.78 is 51.4. The summed E-state index contributed by atoms with van der Waals surface area (Å²) in [5.74, 6) is -1.58. The van der Waals surface area contributed by atoms with Crippen LogP contribution in [0.15, 0.2) is 18.2 Å². The molecule has 0 spiro atoms. The molecule has 1 aromatic rings. The van der Waals surface area contributed by atoms with E-state index in [1.807, 2.05) is 0 Å². The Morgan fingerprint density at radius 1 is 1.19 bits per heavy atom. The van der Waals surface area contributed by atoms with Crippen LogP contribution in [-0.2, 0) is 11.0 Å². The highest BCUT2D eigenvalue weighted by Gasteiger charge is 2.38. The minimum absolute atomic E-state index is 0.0915. The second kappa shape index (κ2) is 4.98. The molecule has 0 bridgehead atoms. The minimum atomic E-state index is -4.77. The van der Waals surface area contributed by atoms with Crippen molar-refractivity contribution in [3.63, 3.8) is 0 Å². The fourth-order valence-electron chi connectivity index (χ4n) is 2.52. The third-order valence-corrected chi connectivity index (χ3v) is 3.79. The van der Waals surface area contributed by atoms with E-state index in [9.17, 15) is 22.4 Å². The normalized spacial score (nSPS) is 23.0. The van der Waals surface area contributed by atoms with E-state index in [4.69, 9.17) is 0 Å². The predicted molar refractivity (Wildman–Crippen MR) is 68.3 cm³/mol. The third kappa shape index (κ3) is 2.88. The molecule has 1 amide bonds. The number of hydrogen-bond donors (Lipinski definition) is 1. The highest BCUT2D eigenvalue weighted by Crippen LogP contribution is 2.35. The van der Waals surface area contributed by atoms with Gasteiger partial charge in [-0.2, -0.15) is 13.2 Å². The van der Waals surface area contributed by atoms with Gasteiger partial charge in [0.05, 0.1) is 11.6 Å². The van der Waals surface area contributed by atoms with Crippen LogP contribution < -0.4 is 10.2 Å². The summed E-state index contributed by atoms with van der Waals surface area (Å²) in [6.45, 7) is 0.339. The van der Waals surface area contributed by atoms with E-state index in [0.29, 0.717) is 25.1 Å². The van der Waals surface area contributed by atoms with Crippen molar-refractivity contribution in [1.29, 1.82) is 0 Å². The van der Waals surface area contributed by atoms with Crippen molar-refractivity contribution in [3.8, 4) is 0 Å². The zero-order valence-electron chi connectivity index (χ0n) is 11.1. The van der Waals surface area contributed by atoms with Crippen LogP contribution in [0.3, 0.4) is 0 Å². The maximum Gasteiger partial charge on any atom is 0.419 e. The van der Waals surface area contributed by atoms with E-state index in [1.165, 1.54) is 11.0 Å². The summed E-state index contributed by atoms with van der Waals surface area (Å²) in [5, 5.41) is 3.17. The van der Waals surface area contributed by atoms with Crippen LogP contribution in [0.4, 0.5) is 23.2 Å². The van der Waals surface area contributed by atoms with Gasteiger partial charge < -0.3 is 10.2 Å². The number of nitrogens with zero attached hydrogens (tertiary/aromatic N) is 1. The van der Waals surface area contributed by atoms with Crippen LogP contribution in [0.1, 0.15) is 24.8 Å². The zero-order valence-corrected chi connectivity index (χ0v) is 11.1. The van der Waals surface area contributed by atoms with Crippen LogP contribution in [0, 0.1) is 5.82 Å². The molecule has 7 heteroatoms. The van der Waals surface area contributed by atoms with Crippen molar-refractivity contribution in [2.45, 2.75) is 37.5 Å². The van der Waals surface area contributed by atoms with Crippen LogP contribution in [0.5, 0.6) is 0 Å². The zero-order chi connectivity index (χ0) is 15.2. The number of anilines is 1. The molecule has 0 aromatic heterocycles. The lowest BCUT2D eigenvalue weighted by molar-refractivity contribution is -0.140. The molecular formula is C14H14F4N2O. The topological polar surface area (TPSA) is 32.3 Å². The summed E-state index contributed by atoms with van der Waals surface area (Å²) >= 11 is 0. The molecule has 1 aromatic carbocycles. The number of carbonyl (C=O) groups is 1. The maximum absolute atomic E-state index is 13.3. The molecule has 1 heterocycles. The van der Waals surface area contributed by atoms with Crippen molar-refractivity contribution < 1.29 is 22.4 Å². The standard InChI is InChI=1S/C14H14F4N2O/c15-11-4-3-9(7-10(11)14(16,17)18)20-6-5-12(13(20)21)19-8-1-2-8/h3-4,7-8,12,19H,1-2,5-6H2. The Hall–Kier alpha value is -1.63. The first kappa shape index (κ1) is 14.3. The Balaban J connectivity index is 1.82. The van der Waals surface area contributed by atoms with E-state index in [2.05, 4.69) is 5.32 Å². The Morgan fingerprint density at radius 3 is 2.52 bits per heavy atom. The van der Waals surface area contributed by atoms with Crippen molar-refractivity contribution in [3.05, 3.63) is 29.6 Å². The van der Waals surface area contributed by atoms with E-state index < -0.39 is 17.6 Å². The molecular weight excluding hydrogens is 288 g/mol. The molecule has 0 radical (unpaired) electrons. The highest BCUT2D eigenvalue weighted by atomic mass is 19.4. The third-order valence-electron chi connectivity index (χ3n) is 3.79. The van der Waals surface area contributed by atoms with E-state index in [1.54, 1.807) is 0 Å². The lowest BCUT2D eigenvalue weighted by Gasteiger charge is -2.19. The largest absolute Gasteiger partial charge is 0.419 e. The van der Waals surface area contributed by atoms with Gasteiger partial charge in [0.2, 0.25) is 5.91 Å². The SMILES string of the molecule is O=C1C(NC2CC2)CCN1c1ccc(F)c(C(F)(F)F)c1. The Labute approximate surface area is 118 Å². The number of carbonyl (C=O) groups excluding carboxylic acids is 1. The fraction of sp³-hybridized carbons (Fsp3) is 0.500. The second-order valence-electron chi connectivity index (χ2n) is 5.43. The van der Waals surface area contributed by atoms with Crippen LogP contribution in [-0.4, -0.2) is 24.5 Å². The van der Waals surface area contributed by atoms with Crippen molar-refractivity contribution in [2.75, 3.05) is 11.4 Å². The van der Waals surface area contributed by atoms with Crippen LogP contribution in [0.25, 0.3) is 0 Å². The molecule has 2 fully saturated rings. The summed E-state index contributed by atoms with van der Waals surface area (Å²) in [6, 6.07) is 2.66. The average Bonchev–Trinajstić information content (AvgIpc) is 3.14. The van der Waals surface area contributed by atoms with Gasteiger partial charge in [-0.25, -0.2) is 4.39 Å². The molecule has 2 aliphatic rings. The summed E-state index contributed by atoms with van der Waals surface area (Å²) in [4.78, 5) is 13.5. The molecule has 3 nitrogen and oxygen atoms in total. The Kier molecular flexibility index (Phi) is 3.39. The van der Waals surface area contributed by atoms with E-state index in [0.717, 1.165) is 18.9 Å². The first-order valence-corrected chi connectivity index (χ1v) is 6.80. The summed E-state index contributed by atoms with van der Waals surface area (Å²) in [5.41, 5.74) is -1.25. The first-order valence-electron chi connectivity index (χ1n) is 6.80. The van der Waals surface area contributed by atoms with E-state index >= 15 is 0 Å². The summed E-state index contributed by atoms with van der Waals surface area (Å²) in [7, 11) is 0. The number of halogens is 4. The number of alkyl halides is 3. The smallest absolute Gasteiger partial charge is 0.311 e. The van der Waals surface area contributed by atoms with Gasteiger partial charge in [-0.3, -0.25) is 4.79 Å². The van der Waals surface area contributed by atoms with Gasteiger partial charge in [-0.1, -0.05) is 0 Å². The maximum atomic E-state index is 13.3. The number of benzene rings is 1.